The molecule has 0 N–H and O–H groups in total. The zero-order valence-corrected chi connectivity index (χ0v) is 17.6. The minimum Gasteiger partial charge on any atom is -0.369 e. The topological polar surface area (TPSA) is 52.8 Å². The van der Waals surface area contributed by atoms with Gasteiger partial charge in [-0.1, -0.05) is 30.3 Å². The Morgan fingerprint density at radius 2 is 1.97 bits per heavy atom. The first-order valence-corrected chi connectivity index (χ1v) is 10.9. The summed E-state index contributed by atoms with van der Waals surface area (Å²) in [6.07, 6.45) is 4.03. The number of likely N-dealkylation sites (tertiary alicyclic amines) is 1. The molecule has 156 valence electrons. The van der Waals surface area contributed by atoms with E-state index in [2.05, 4.69) is 53.1 Å². The molecule has 1 aromatic heterocycles. The third kappa shape index (κ3) is 4.47. The van der Waals surface area contributed by atoms with Crippen molar-refractivity contribution in [3.8, 4) is 0 Å². The lowest BCUT2D eigenvalue weighted by molar-refractivity contribution is 0.0554. The number of piperazine rings is 1. The summed E-state index contributed by atoms with van der Waals surface area (Å²) in [5, 5.41) is 4.01. The predicted octanol–water partition coefficient (Wildman–Crippen LogP) is 3.36. The van der Waals surface area contributed by atoms with Gasteiger partial charge in [-0.2, -0.15) is 0 Å². The lowest BCUT2D eigenvalue weighted by atomic mass is 10.0. The van der Waals surface area contributed by atoms with Crippen molar-refractivity contribution in [2.75, 3.05) is 44.2 Å². The van der Waals surface area contributed by atoms with E-state index in [9.17, 15) is 4.79 Å². The number of carbonyl (C=O) groups excluding carboxylic acids is 1. The largest absolute Gasteiger partial charge is 0.369 e. The molecule has 0 aliphatic carbocycles. The molecule has 1 amide bonds. The summed E-state index contributed by atoms with van der Waals surface area (Å²) in [6, 6.07) is 10.9. The van der Waals surface area contributed by atoms with Crippen LogP contribution in [0, 0.1) is 6.92 Å². The van der Waals surface area contributed by atoms with Crippen molar-refractivity contribution in [3.05, 3.63) is 47.3 Å². The second-order valence-electron chi connectivity index (χ2n) is 8.29. The van der Waals surface area contributed by atoms with Gasteiger partial charge in [-0.25, -0.2) is 0 Å². The second kappa shape index (κ2) is 8.99. The number of piperidine rings is 1. The third-order valence-electron chi connectivity index (χ3n) is 6.24. The second-order valence-corrected chi connectivity index (χ2v) is 8.29. The van der Waals surface area contributed by atoms with E-state index in [1.54, 1.807) is 0 Å². The molecular weight excluding hydrogens is 364 g/mol. The number of amides is 1. The van der Waals surface area contributed by atoms with Gasteiger partial charge in [0.15, 0.2) is 5.69 Å². The van der Waals surface area contributed by atoms with Crippen LogP contribution in [0.15, 0.2) is 34.9 Å². The summed E-state index contributed by atoms with van der Waals surface area (Å²) < 4.78 is 5.31. The number of rotatable bonds is 5. The fraction of sp³-hybridized carbons (Fsp3) is 0.565. The Balaban J connectivity index is 1.34. The number of hydrogen-bond donors (Lipinski definition) is 0. The highest BCUT2D eigenvalue weighted by atomic mass is 16.5. The first-order chi connectivity index (χ1) is 14.2. The molecular formula is C23H32N4O2. The molecule has 2 aliphatic rings. The molecule has 2 aliphatic heterocycles. The Kier molecular flexibility index (Phi) is 6.19. The lowest BCUT2D eigenvalue weighted by Gasteiger charge is -2.44. The number of benzene rings is 1. The molecule has 0 bridgehead atoms. The number of aryl methyl sites for hydroxylation is 2. The van der Waals surface area contributed by atoms with E-state index in [4.69, 9.17) is 4.52 Å². The van der Waals surface area contributed by atoms with E-state index in [0.29, 0.717) is 11.7 Å². The van der Waals surface area contributed by atoms with Crippen LogP contribution in [0.5, 0.6) is 0 Å². The maximum atomic E-state index is 12.9. The molecule has 6 heteroatoms. The van der Waals surface area contributed by atoms with Crippen molar-refractivity contribution in [3.63, 3.8) is 0 Å². The van der Waals surface area contributed by atoms with Crippen LogP contribution in [0.2, 0.25) is 0 Å². The molecule has 1 aromatic carbocycles. The average molecular weight is 397 g/mol. The van der Waals surface area contributed by atoms with Gasteiger partial charge in [0.2, 0.25) is 0 Å². The van der Waals surface area contributed by atoms with E-state index >= 15 is 0 Å². The zero-order valence-electron chi connectivity index (χ0n) is 17.6. The predicted molar refractivity (Wildman–Crippen MR) is 114 cm³/mol. The van der Waals surface area contributed by atoms with Crippen molar-refractivity contribution < 1.29 is 9.32 Å². The van der Waals surface area contributed by atoms with Crippen LogP contribution in [-0.4, -0.2) is 66.2 Å². The maximum Gasteiger partial charge on any atom is 0.276 e. The molecule has 4 rings (SSSR count). The highest BCUT2D eigenvalue weighted by Crippen LogP contribution is 2.24. The van der Waals surface area contributed by atoms with Crippen molar-refractivity contribution in [2.45, 2.75) is 45.6 Å². The van der Waals surface area contributed by atoms with Crippen LogP contribution < -0.4 is 4.90 Å². The molecule has 2 saturated heterocycles. The van der Waals surface area contributed by atoms with E-state index in [1.165, 1.54) is 11.3 Å². The summed E-state index contributed by atoms with van der Waals surface area (Å²) in [6.45, 7) is 10.1. The van der Waals surface area contributed by atoms with Gasteiger partial charge in [-0.15, -0.1) is 0 Å². The average Bonchev–Trinajstić information content (AvgIpc) is 3.23. The van der Waals surface area contributed by atoms with Crippen LogP contribution in [0.3, 0.4) is 0 Å². The molecule has 0 saturated carbocycles. The number of anilines is 1. The highest BCUT2D eigenvalue weighted by molar-refractivity contribution is 5.92. The fourth-order valence-corrected chi connectivity index (χ4v) is 4.62. The molecule has 0 spiro atoms. The molecule has 0 radical (unpaired) electrons. The van der Waals surface area contributed by atoms with E-state index < -0.39 is 0 Å². The molecule has 1 unspecified atom stereocenters. The number of carbonyl (C=O) groups is 1. The van der Waals surface area contributed by atoms with Crippen molar-refractivity contribution in [2.24, 2.45) is 0 Å². The number of aromatic nitrogens is 1. The van der Waals surface area contributed by atoms with Crippen LogP contribution in [-0.2, 0) is 6.42 Å². The van der Waals surface area contributed by atoms with Gasteiger partial charge >= 0.3 is 0 Å². The van der Waals surface area contributed by atoms with Crippen LogP contribution >= 0.6 is 0 Å². The maximum absolute atomic E-state index is 12.9. The van der Waals surface area contributed by atoms with Crippen LogP contribution in [0.4, 0.5) is 5.69 Å². The summed E-state index contributed by atoms with van der Waals surface area (Å²) in [5.74, 6) is 0.816. The minimum atomic E-state index is 0.0133. The van der Waals surface area contributed by atoms with E-state index in [0.717, 1.165) is 70.7 Å². The standard InChI is InChI=1S/C23H32N4O2/c1-3-7-20-16-21(24-29-20)23(28)27-11-6-9-19(17-27)25-12-14-26(15-13-25)22-10-5-4-8-18(22)2/h4-5,8,10,16,19H,3,6-7,9,11-15,17H2,1-2H3. The van der Waals surface area contributed by atoms with Gasteiger partial charge in [0, 0.05) is 63.5 Å². The van der Waals surface area contributed by atoms with E-state index in [1.807, 2.05) is 11.0 Å². The molecule has 2 aromatic rings. The summed E-state index contributed by atoms with van der Waals surface area (Å²) in [7, 11) is 0. The number of para-hydroxylation sites is 1. The molecule has 3 heterocycles. The molecule has 1 atom stereocenters. The van der Waals surface area contributed by atoms with Gasteiger partial charge in [0.25, 0.3) is 5.91 Å². The highest BCUT2D eigenvalue weighted by Gasteiger charge is 2.31. The van der Waals surface area contributed by atoms with Crippen molar-refractivity contribution in [1.29, 1.82) is 0 Å². The first-order valence-electron chi connectivity index (χ1n) is 10.9. The normalized spacial score (nSPS) is 20.8. The Hall–Kier alpha value is -2.34. The van der Waals surface area contributed by atoms with Gasteiger partial charge in [-0.05, 0) is 37.8 Å². The zero-order chi connectivity index (χ0) is 20.2. The Bertz CT molecular complexity index is 826. The van der Waals surface area contributed by atoms with Gasteiger partial charge < -0.3 is 14.3 Å². The molecule has 29 heavy (non-hydrogen) atoms. The lowest BCUT2D eigenvalue weighted by Crippen LogP contribution is -2.56. The van der Waals surface area contributed by atoms with Gasteiger partial charge in [0.1, 0.15) is 5.76 Å². The van der Waals surface area contributed by atoms with Crippen LogP contribution in [0.25, 0.3) is 0 Å². The third-order valence-corrected chi connectivity index (χ3v) is 6.24. The summed E-state index contributed by atoms with van der Waals surface area (Å²) >= 11 is 0. The monoisotopic (exact) mass is 396 g/mol. The van der Waals surface area contributed by atoms with E-state index in [-0.39, 0.29) is 5.91 Å². The molecule has 2 fully saturated rings. The SMILES string of the molecule is CCCc1cc(C(=O)N2CCCC(N3CCN(c4ccccc4C)CC3)C2)no1. The quantitative estimate of drug-likeness (QED) is 0.776. The smallest absolute Gasteiger partial charge is 0.276 e. The van der Waals surface area contributed by atoms with Gasteiger partial charge in [-0.3, -0.25) is 9.69 Å². The fourth-order valence-electron chi connectivity index (χ4n) is 4.62. The van der Waals surface area contributed by atoms with Crippen LogP contribution in [0.1, 0.15) is 48.0 Å². The Morgan fingerprint density at radius 3 is 2.72 bits per heavy atom. The first kappa shape index (κ1) is 20.0. The Morgan fingerprint density at radius 1 is 1.17 bits per heavy atom. The summed E-state index contributed by atoms with van der Waals surface area (Å²) in [4.78, 5) is 19.9. The number of hydrogen-bond acceptors (Lipinski definition) is 5. The minimum absolute atomic E-state index is 0.0133. The van der Waals surface area contributed by atoms with Crippen molar-refractivity contribution in [1.82, 2.24) is 15.0 Å². The summed E-state index contributed by atoms with van der Waals surface area (Å²) in [5.41, 5.74) is 3.14. The number of nitrogens with zero attached hydrogens (tertiary/aromatic N) is 4. The Labute approximate surface area is 173 Å². The van der Waals surface area contributed by atoms with Gasteiger partial charge in [0.05, 0.1) is 0 Å². The molecule has 6 nitrogen and oxygen atoms in total. The van der Waals surface area contributed by atoms with Crippen molar-refractivity contribution >= 4 is 11.6 Å².